The van der Waals surface area contributed by atoms with Crippen LogP contribution in [0.15, 0.2) is 29.2 Å². The van der Waals surface area contributed by atoms with Gasteiger partial charge < -0.3 is 19.9 Å². The summed E-state index contributed by atoms with van der Waals surface area (Å²) in [6.07, 6.45) is 1.20. The molecule has 28 heavy (non-hydrogen) atoms. The number of hydrogen-bond donors (Lipinski definition) is 1. The lowest BCUT2D eigenvalue weighted by Crippen LogP contribution is -2.53. The van der Waals surface area contributed by atoms with Crippen molar-refractivity contribution >= 4 is 28.4 Å². The van der Waals surface area contributed by atoms with Crippen molar-refractivity contribution in [1.29, 1.82) is 0 Å². The fourth-order valence-electron chi connectivity index (χ4n) is 3.10. The number of piperazine rings is 1. The van der Waals surface area contributed by atoms with Gasteiger partial charge in [0, 0.05) is 43.4 Å². The van der Waals surface area contributed by atoms with Crippen molar-refractivity contribution in [3.63, 3.8) is 0 Å². The number of halogens is 3. The summed E-state index contributed by atoms with van der Waals surface area (Å²) in [6.45, 7) is 2.08. The highest BCUT2D eigenvalue weighted by Gasteiger charge is 2.38. The predicted octanol–water partition coefficient (Wildman–Crippen LogP) is 2.17. The Kier molecular flexibility index (Phi) is 6.23. The fourth-order valence-corrected chi connectivity index (χ4v) is 3.75. The Morgan fingerprint density at radius 2 is 1.68 bits per heavy atom. The first kappa shape index (κ1) is 20.6. The molecule has 2 atom stereocenters. The number of anilines is 1. The number of carbonyl (C=O) groups excluding carboxylic acids is 2. The summed E-state index contributed by atoms with van der Waals surface area (Å²) >= 11 is 0. The highest BCUT2D eigenvalue weighted by molar-refractivity contribution is 7.86. The minimum atomic E-state index is -4.83. The first-order valence-corrected chi connectivity index (χ1v) is 9.95. The van der Waals surface area contributed by atoms with Crippen molar-refractivity contribution < 1.29 is 31.7 Å². The number of carbonyl (C=O) groups is 2. The van der Waals surface area contributed by atoms with Gasteiger partial charge in [-0.25, -0.2) is 9.00 Å². The maximum atomic E-state index is 12.5. The van der Waals surface area contributed by atoms with Crippen LogP contribution in [0.5, 0.6) is 0 Å². The number of benzene rings is 1. The SMILES string of the molecule is O=C(Nc1ccc([S@@](=O)C(F)(F)F)cc1)N1CCN(C(=O)[C@H]2CCCO2)CC1. The standard InChI is InChI=1S/C17H20F3N3O4S/c18-17(19,20)28(26)13-5-3-12(4-6-13)21-16(25)23-9-7-22(8-10-23)15(24)14-2-1-11-27-14/h3-6,14H,1-2,7-11H2,(H,21,25)/t14-,28-/m1/s1. The van der Waals surface area contributed by atoms with Gasteiger partial charge in [0.25, 0.3) is 5.91 Å². The number of alkyl halides is 3. The van der Waals surface area contributed by atoms with Gasteiger partial charge in [-0.3, -0.25) is 4.79 Å². The molecule has 0 unspecified atom stereocenters. The van der Waals surface area contributed by atoms with E-state index in [1.807, 2.05) is 0 Å². The van der Waals surface area contributed by atoms with Crippen LogP contribution in [-0.2, 0) is 20.3 Å². The van der Waals surface area contributed by atoms with Crippen LogP contribution < -0.4 is 5.32 Å². The lowest BCUT2D eigenvalue weighted by atomic mass is 10.2. The number of rotatable bonds is 3. The van der Waals surface area contributed by atoms with Crippen LogP contribution in [0.3, 0.4) is 0 Å². The topological polar surface area (TPSA) is 79.0 Å². The second-order valence-corrected chi connectivity index (χ2v) is 7.95. The highest BCUT2D eigenvalue weighted by Crippen LogP contribution is 2.27. The Morgan fingerprint density at radius 3 is 2.21 bits per heavy atom. The van der Waals surface area contributed by atoms with E-state index in [-0.39, 0.29) is 16.9 Å². The van der Waals surface area contributed by atoms with Gasteiger partial charge in [0.15, 0.2) is 10.8 Å². The average molecular weight is 419 g/mol. The second-order valence-electron chi connectivity index (χ2n) is 6.48. The summed E-state index contributed by atoms with van der Waals surface area (Å²) in [5.74, 6) is -0.0502. The first-order chi connectivity index (χ1) is 13.3. The van der Waals surface area contributed by atoms with Gasteiger partial charge in [0.05, 0.1) is 0 Å². The minimum Gasteiger partial charge on any atom is -0.368 e. The molecular formula is C17H20F3N3O4S. The molecule has 154 valence electrons. The number of nitrogens with one attached hydrogen (secondary N) is 1. The molecule has 1 aromatic rings. The molecule has 0 saturated carbocycles. The predicted molar refractivity (Wildman–Crippen MR) is 95.1 cm³/mol. The summed E-state index contributed by atoms with van der Waals surface area (Å²) in [4.78, 5) is 27.5. The maximum absolute atomic E-state index is 12.5. The Balaban J connectivity index is 1.50. The highest BCUT2D eigenvalue weighted by atomic mass is 32.2. The zero-order chi connectivity index (χ0) is 20.3. The molecule has 2 saturated heterocycles. The zero-order valence-corrected chi connectivity index (χ0v) is 15.7. The average Bonchev–Trinajstić information content (AvgIpc) is 3.21. The Labute approximate surface area is 162 Å². The number of hydrogen-bond acceptors (Lipinski definition) is 4. The van der Waals surface area contributed by atoms with E-state index in [2.05, 4.69) is 5.32 Å². The van der Waals surface area contributed by atoms with Gasteiger partial charge in [0.2, 0.25) is 0 Å². The number of urea groups is 1. The van der Waals surface area contributed by atoms with Gasteiger partial charge >= 0.3 is 11.5 Å². The van der Waals surface area contributed by atoms with E-state index in [1.165, 1.54) is 17.0 Å². The van der Waals surface area contributed by atoms with Gasteiger partial charge in [-0.1, -0.05) is 0 Å². The summed E-state index contributed by atoms with van der Waals surface area (Å²) in [6, 6.07) is 4.27. The van der Waals surface area contributed by atoms with E-state index in [4.69, 9.17) is 4.74 Å². The van der Waals surface area contributed by atoms with Crippen molar-refractivity contribution in [2.24, 2.45) is 0 Å². The second kappa shape index (κ2) is 8.48. The molecule has 3 rings (SSSR count). The number of nitrogens with zero attached hydrogens (tertiary/aromatic N) is 2. The van der Waals surface area contributed by atoms with Crippen LogP contribution >= 0.6 is 0 Å². The van der Waals surface area contributed by atoms with Gasteiger partial charge in [0.1, 0.15) is 6.10 Å². The molecule has 3 amide bonds. The molecule has 1 N–H and O–H groups in total. The van der Waals surface area contributed by atoms with Crippen molar-refractivity contribution in [1.82, 2.24) is 9.80 Å². The van der Waals surface area contributed by atoms with E-state index in [1.54, 1.807) is 4.90 Å². The largest absolute Gasteiger partial charge is 0.475 e. The van der Waals surface area contributed by atoms with Crippen LogP contribution in [0.25, 0.3) is 0 Å². The molecular weight excluding hydrogens is 399 g/mol. The Morgan fingerprint density at radius 1 is 1.07 bits per heavy atom. The molecule has 2 aliphatic heterocycles. The van der Waals surface area contributed by atoms with E-state index in [0.717, 1.165) is 18.6 Å². The van der Waals surface area contributed by atoms with Crippen molar-refractivity contribution in [2.45, 2.75) is 29.3 Å². The molecule has 0 spiro atoms. The van der Waals surface area contributed by atoms with Crippen LogP contribution in [0.2, 0.25) is 0 Å². The lowest BCUT2D eigenvalue weighted by molar-refractivity contribution is -0.142. The molecule has 0 radical (unpaired) electrons. The van der Waals surface area contributed by atoms with Gasteiger partial charge in [-0.05, 0) is 37.1 Å². The molecule has 0 aliphatic carbocycles. The van der Waals surface area contributed by atoms with E-state index in [0.29, 0.717) is 44.9 Å². The van der Waals surface area contributed by atoms with E-state index in [9.17, 15) is 27.0 Å². The first-order valence-electron chi connectivity index (χ1n) is 8.80. The van der Waals surface area contributed by atoms with Crippen LogP contribution in [0.1, 0.15) is 12.8 Å². The molecule has 1 aromatic carbocycles. The Bertz CT molecular complexity index is 743. The summed E-state index contributed by atoms with van der Waals surface area (Å²) in [5.41, 5.74) is -4.53. The fraction of sp³-hybridized carbons (Fsp3) is 0.529. The molecule has 0 aromatic heterocycles. The third-order valence-electron chi connectivity index (χ3n) is 4.61. The van der Waals surface area contributed by atoms with Gasteiger partial charge in [-0.2, -0.15) is 13.2 Å². The van der Waals surface area contributed by atoms with E-state index < -0.39 is 22.3 Å². The minimum absolute atomic E-state index is 0.0502. The van der Waals surface area contributed by atoms with Crippen molar-refractivity contribution in [3.05, 3.63) is 24.3 Å². The molecule has 2 fully saturated rings. The molecule has 7 nitrogen and oxygen atoms in total. The number of ether oxygens (including phenoxy) is 1. The summed E-state index contributed by atoms with van der Waals surface area (Å²) in [5, 5.41) is 2.59. The van der Waals surface area contributed by atoms with Crippen LogP contribution in [-0.4, -0.2) is 70.3 Å². The maximum Gasteiger partial charge on any atom is 0.475 e. The van der Waals surface area contributed by atoms with Crippen LogP contribution in [0.4, 0.5) is 23.7 Å². The molecule has 2 aliphatic rings. The quantitative estimate of drug-likeness (QED) is 0.815. The van der Waals surface area contributed by atoms with E-state index >= 15 is 0 Å². The third-order valence-corrected chi connectivity index (χ3v) is 5.73. The summed E-state index contributed by atoms with van der Waals surface area (Å²) < 4.78 is 54.1. The third kappa shape index (κ3) is 4.82. The van der Waals surface area contributed by atoms with Crippen molar-refractivity contribution in [2.75, 3.05) is 38.1 Å². The molecule has 2 heterocycles. The monoisotopic (exact) mass is 419 g/mol. The van der Waals surface area contributed by atoms with Gasteiger partial charge in [-0.15, -0.1) is 0 Å². The number of amides is 3. The Hall–Kier alpha value is -2.14. The lowest BCUT2D eigenvalue weighted by Gasteiger charge is -2.35. The van der Waals surface area contributed by atoms with Crippen LogP contribution in [0, 0.1) is 0 Å². The van der Waals surface area contributed by atoms with Crippen molar-refractivity contribution in [3.8, 4) is 0 Å². The molecule has 11 heteroatoms. The normalized spacial score (nSPS) is 21.5. The summed E-state index contributed by atoms with van der Waals surface area (Å²) in [7, 11) is -3.11. The smallest absolute Gasteiger partial charge is 0.368 e. The molecule has 0 bridgehead atoms. The zero-order valence-electron chi connectivity index (χ0n) is 14.9.